The van der Waals surface area contributed by atoms with Crippen LogP contribution in [-0.2, 0) is 9.59 Å². The highest BCUT2D eigenvalue weighted by atomic mass is 32.1. The summed E-state index contributed by atoms with van der Waals surface area (Å²) in [6, 6.07) is 31.1. The Balaban J connectivity index is 1.51. The van der Waals surface area contributed by atoms with Gasteiger partial charge in [-0.2, -0.15) is 0 Å². The van der Waals surface area contributed by atoms with Crippen molar-refractivity contribution in [3.63, 3.8) is 0 Å². The van der Waals surface area contributed by atoms with E-state index in [0.717, 1.165) is 65.5 Å². The zero-order chi connectivity index (χ0) is 44.4. The lowest BCUT2D eigenvalue weighted by Crippen LogP contribution is -2.28. The highest BCUT2D eigenvalue weighted by Gasteiger charge is 2.37. The van der Waals surface area contributed by atoms with Crippen LogP contribution in [-0.4, -0.2) is 11.6 Å². The molecule has 0 fully saturated rings. The first-order valence-electron chi connectivity index (χ1n) is 21.3. The molecule has 5 aromatic rings. The Labute approximate surface area is 376 Å². The molecule has 61 heavy (non-hydrogen) atoms. The van der Waals surface area contributed by atoms with Crippen molar-refractivity contribution in [1.29, 1.82) is 0 Å². The number of Topliss-reactive ketones (excluding diaryl/α,β-unsaturated/α-hetero) is 2. The van der Waals surface area contributed by atoms with Crippen molar-refractivity contribution in [2.75, 3.05) is 0 Å². The first-order valence-corrected chi connectivity index (χ1v) is 23.8. The summed E-state index contributed by atoms with van der Waals surface area (Å²) in [6.45, 7) is 29.9. The molecule has 2 aliphatic carbocycles. The molecule has 0 spiro atoms. The molecule has 3 aromatic heterocycles. The molecule has 7 rings (SSSR count). The second-order valence-electron chi connectivity index (χ2n) is 20.7. The van der Waals surface area contributed by atoms with E-state index in [1.54, 1.807) is 34.0 Å². The molecule has 0 radical (unpaired) electrons. The number of aryl methyl sites for hydroxylation is 2. The molecule has 0 N–H and O–H groups in total. The molecule has 0 saturated carbocycles. The van der Waals surface area contributed by atoms with E-state index in [0.29, 0.717) is 0 Å². The van der Waals surface area contributed by atoms with E-state index >= 15 is 0 Å². The number of hydrogen-bond acceptors (Lipinski definition) is 5. The van der Waals surface area contributed by atoms with Crippen LogP contribution >= 0.6 is 34.0 Å². The molecule has 0 bridgehead atoms. The first-order chi connectivity index (χ1) is 28.4. The van der Waals surface area contributed by atoms with Gasteiger partial charge in [0.25, 0.3) is 0 Å². The van der Waals surface area contributed by atoms with Gasteiger partial charge in [-0.05, 0) is 130 Å². The lowest BCUT2D eigenvalue weighted by atomic mass is 9.71. The summed E-state index contributed by atoms with van der Waals surface area (Å²) in [5.74, 6) is 0.252. The number of hydrogen-bond donors (Lipinski definition) is 0. The smallest absolute Gasteiger partial charge is 0.186 e. The summed E-state index contributed by atoms with van der Waals surface area (Å²) in [5.41, 5.74) is 10.8. The molecule has 0 saturated heterocycles. The van der Waals surface area contributed by atoms with Crippen LogP contribution in [0, 0.1) is 35.5 Å². The maximum Gasteiger partial charge on any atom is 0.186 e. The number of thiophene rings is 3. The van der Waals surface area contributed by atoms with Crippen LogP contribution in [0.25, 0.3) is 32.0 Å². The maximum absolute atomic E-state index is 14.2. The van der Waals surface area contributed by atoms with E-state index in [9.17, 15) is 9.59 Å². The average Bonchev–Trinajstić information content (AvgIpc) is 3.93. The second kappa shape index (κ2) is 16.2. The van der Waals surface area contributed by atoms with Crippen molar-refractivity contribution in [2.24, 2.45) is 21.7 Å². The molecule has 0 aliphatic heterocycles. The molecule has 0 atom stereocenters. The number of rotatable bonds is 6. The van der Waals surface area contributed by atoms with Crippen molar-refractivity contribution in [3.05, 3.63) is 173 Å². The van der Waals surface area contributed by atoms with Gasteiger partial charge in [0, 0.05) is 62.7 Å². The SMILES string of the molecule is Cc1ccc(-c2ccc(C(=C3C=C(C(C)(C)C)C(=O)C(C(C)(C)C)=C3)c3ccc(C(=C4C=C(C(C)(C)C)C(=O)C(C(C)(C)C)=C4)c4ccc(-c5ccc(C)s5)cc4)s3)cc2)s1. The third-order valence-corrected chi connectivity index (χ3v) is 14.7. The average molecular weight is 861 g/mol. The molecular formula is C56H60O2S3. The van der Waals surface area contributed by atoms with Gasteiger partial charge in [-0.3, -0.25) is 9.59 Å². The Kier molecular flexibility index (Phi) is 11.8. The minimum absolute atomic E-state index is 0.126. The Morgan fingerprint density at radius 3 is 0.918 bits per heavy atom. The topological polar surface area (TPSA) is 34.1 Å². The summed E-state index contributed by atoms with van der Waals surface area (Å²) in [6.07, 6.45) is 8.60. The molecule has 2 aliphatic rings. The van der Waals surface area contributed by atoms with Crippen molar-refractivity contribution < 1.29 is 9.59 Å². The van der Waals surface area contributed by atoms with Gasteiger partial charge in [0.2, 0.25) is 0 Å². The number of allylic oxidation sites excluding steroid dienone is 10. The predicted molar refractivity (Wildman–Crippen MR) is 266 cm³/mol. The Hall–Kier alpha value is -4.68. The zero-order valence-corrected chi connectivity index (χ0v) is 40.9. The normalized spacial score (nSPS) is 15.4. The number of carbonyl (C=O) groups excluding carboxylic acids is 2. The third kappa shape index (κ3) is 9.26. The molecule has 0 unspecified atom stereocenters. The van der Waals surface area contributed by atoms with Crippen LogP contribution in [0.3, 0.4) is 0 Å². The quantitative estimate of drug-likeness (QED) is 0.170. The van der Waals surface area contributed by atoms with Gasteiger partial charge in [0.1, 0.15) is 0 Å². The highest BCUT2D eigenvalue weighted by Crippen LogP contribution is 2.47. The summed E-state index contributed by atoms with van der Waals surface area (Å²) in [5, 5.41) is 0. The van der Waals surface area contributed by atoms with Gasteiger partial charge in [-0.15, -0.1) is 34.0 Å². The van der Waals surface area contributed by atoms with Gasteiger partial charge < -0.3 is 0 Å². The molecule has 3 heterocycles. The van der Waals surface area contributed by atoms with Crippen LogP contribution < -0.4 is 0 Å². The fraction of sp³-hybridized carbons (Fsp3) is 0.321. The van der Waals surface area contributed by atoms with Gasteiger partial charge >= 0.3 is 0 Å². The number of carbonyl (C=O) groups is 2. The molecule has 314 valence electrons. The van der Waals surface area contributed by atoms with Gasteiger partial charge in [0.15, 0.2) is 11.6 Å². The van der Waals surface area contributed by atoms with Crippen LogP contribution in [0.15, 0.2) is 143 Å². The number of ketones is 2. The number of benzene rings is 2. The summed E-state index contributed by atoms with van der Waals surface area (Å²) in [4.78, 5) is 35.8. The minimum atomic E-state index is -0.349. The summed E-state index contributed by atoms with van der Waals surface area (Å²) >= 11 is 5.38. The largest absolute Gasteiger partial charge is 0.289 e. The van der Waals surface area contributed by atoms with Crippen molar-refractivity contribution in [3.8, 4) is 20.9 Å². The van der Waals surface area contributed by atoms with Crippen LogP contribution in [0.5, 0.6) is 0 Å². The molecule has 0 amide bonds. The van der Waals surface area contributed by atoms with Crippen molar-refractivity contribution >= 4 is 56.7 Å². The molecule has 2 aromatic carbocycles. The lowest BCUT2D eigenvalue weighted by Gasteiger charge is -2.32. The van der Waals surface area contributed by atoms with Crippen LogP contribution in [0.2, 0.25) is 0 Å². The van der Waals surface area contributed by atoms with Crippen LogP contribution in [0.1, 0.15) is 114 Å². The summed E-state index contributed by atoms with van der Waals surface area (Å²) in [7, 11) is 0. The second-order valence-corrected chi connectivity index (χ2v) is 24.3. The van der Waals surface area contributed by atoms with Gasteiger partial charge in [-0.25, -0.2) is 0 Å². The molecule has 2 nitrogen and oxygen atoms in total. The highest BCUT2D eigenvalue weighted by molar-refractivity contribution is 7.15. The van der Waals surface area contributed by atoms with Gasteiger partial charge in [-0.1, -0.05) is 132 Å². The Bertz CT molecular complexity index is 2470. The van der Waals surface area contributed by atoms with E-state index in [1.807, 2.05) is 0 Å². The van der Waals surface area contributed by atoms with E-state index in [1.165, 1.54) is 30.6 Å². The lowest BCUT2D eigenvalue weighted by molar-refractivity contribution is -0.114. The molecular weight excluding hydrogens is 801 g/mol. The zero-order valence-electron chi connectivity index (χ0n) is 38.4. The third-order valence-electron chi connectivity index (χ3n) is 11.5. The van der Waals surface area contributed by atoms with E-state index in [-0.39, 0.29) is 33.2 Å². The van der Waals surface area contributed by atoms with E-state index in [4.69, 9.17) is 0 Å². The monoisotopic (exact) mass is 860 g/mol. The van der Waals surface area contributed by atoms with Crippen molar-refractivity contribution in [1.82, 2.24) is 0 Å². The van der Waals surface area contributed by atoms with Crippen molar-refractivity contribution in [2.45, 2.75) is 96.9 Å². The minimum Gasteiger partial charge on any atom is -0.289 e. The van der Waals surface area contributed by atoms with Gasteiger partial charge in [0.05, 0.1) is 0 Å². The fourth-order valence-corrected chi connectivity index (χ4v) is 11.0. The Morgan fingerprint density at radius 2 is 0.672 bits per heavy atom. The Morgan fingerprint density at radius 1 is 0.377 bits per heavy atom. The maximum atomic E-state index is 14.2. The molecule has 5 heteroatoms. The standard InChI is InChI=1S/C56H60O2S3/c1-33-15-25-45(59-33)35-17-21-37(22-18-35)49(39-29-41(53(3,4)5)51(57)42(30-39)54(6,7)8)47-27-28-48(61-47)50(38-23-19-36(20-24-38)46-26-16-34(2)60-46)40-31-43(55(9,10)11)52(58)44(32-40)56(12,13)14/h15-32H,1-14H3. The van der Waals surface area contributed by atoms with E-state index < -0.39 is 0 Å². The predicted octanol–water partition coefficient (Wildman–Crippen LogP) is 16.5. The summed E-state index contributed by atoms with van der Waals surface area (Å²) < 4.78 is 0. The fourth-order valence-electron chi connectivity index (χ4n) is 8.07. The van der Waals surface area contributed by atoms with E-state index in [2.05, 4.69) is 206 Å². The first kappa shape index (κ1) is 44.4. The van der Waals surface area contributed by atoms with Crippen LogP contribution in [0.4, 0.5) is 0 Å².